The number of carbonyl (C=O) groups excluding carboxylic acids is 1. The predicted octanol–water partition coefficient (Wildman–Crippen LogP) is 4.03. The average molecular weight is 423 g/mol. The Labute approximate surface area is 173 Å². The number of hydrogen-bond acceptors (Lipinski definition) is 6. The molecule has 9 heteroatoms. The van der Waals surface area contributed by atoms with Gasteiger partial charge in [0, 0.05) is 32.6 Å². The number of alkyl halides is 3. The highest BCUT2D eigenvalue weighted by Crippen LogP contribution is 2.30. The van der Waals surface area contributed by atoms with Crippen LogP contribution < -0.4 is 4.90 Å². The molecule has 1 aliphatic heterocycles. The van der Waals surface area contributed by atoms with Gasteiger partial charge in [-0.25, -0.2) is 14.8 Å². The zero-order valence-electron chi connectivity index (χ0n) is 16.8. The SMILES string of the molecule is CO[C@H](C(=O)O[C@H](C)C1CCN(c2ncc(C(F)(F)F)cn2)CC1)c1ccccc1. The van der Waals surface area contributed by atoms with Gasteiger partial charge in [-0.3, -0.25) is 0 Å². The number of benzene rings is 1. The number of methoxy groups -OCH3 is 1. The number of ether oxygens (including phenoxy) is 2. The summed E-state index contributed by atoms with van der Waals surface area (Å²) in [5, 5.41) is 0. The summed E-state index contributed by atoms with van der Waals surface area (Å²) in [6, 6.07) is 9.14. The van der Waals surface area contributed by atoms with Crippen LogP contribution in [0.25, 0.3) is 0 Å². The van der Waals surface area contributed by atoms with Gasteiger partial charge in [0.15, 0.2) is 6.10 Å². The van der Waals surface area contributed by atoms with Gasteiger partial charge in [-0.1, -0.05) is 30.3 Å². The van der Waals surface area contributed by atoms with Crippen LogP contribution in [0, 0.1) is 5.92 Å². The maximum Gasteiger partial charge on any atom is 0.419 e. The molecule has 6 nitrogen and oxygen atoms in total. The topological polar surface area (TPSA) is 64.6 Å². The first-order valence-electron chi connectivity index (χ1n) is 9.72. The monoisotopic (exact) mass is 423 g/mol. The Balaban J connectivity index is 1.53. The maximum atomic E-state index is 12.7. The van der Waals surface area contributed by atoms with Gasteiger partial charge in [-0.15, -0.1) is 0 Å². The van der Waals surface area contributed by atoms with Crippen LogP contribution in [0.3, 0.4) is 0 Å². The second kappa shape index (κ2) is 9.42. The third-order valence-electron chi connectivity index (χ3n) is 5.31. The van der Waals surface area contributed by atoms with E-state index in [2.05, 4.69) is 9.97 Å². The Morgan fingerprint density at radius 3 is 2.27 bits per heavy atom. The van der Waals surface area contributed by atoms with Gasteiger partial charge in [0.2, 0.25) is 5.95 Å². The fraction of sp³-hybridized carbons (Fsp3) is 0.476. The van der Waals surface area contributed by atoms with Gasteiger partial charge in [0.1, 0.15) is 6.10 Å². The molecule has 1 aromatic heterocycles. The number of carbonyl (C=O) groups is 1. The number of piperidine rings is 1. The third-order valence-corrected chi connectivity index (χ3v) is 5.31. The molecule has 1 aliphatic rings. The molecular formula is C21H24F3N3O3. The van der Waals surface area contributed by atoms with E-state index in [0.29, 0.717) is 25.9 Å². The van der Waals surface area contributed by atoms with Gasteiger partial charge in [0.05, 0.1) is 5.56 Å². The van der Waals surface area contributed by atoms with E-state index >= 15 is 0 Å². The highest BCUT2D eigenvalue weighted by Gasteiger charge is 2.33. The van der Waals surface area contributed by atoms with Crippen molar-refractivity contribution in [2.75, 3.05) is 25.1 Å². The van der Waals surface area contributed by atoms with E-state index in [4.69, 9.17) is 9.47 Å². The van der Waals surface area contributed by atoms with Crippen molar-refractivity contribution in [2.45, 2.75) is 38.1 Å². The van der Waals surface area contributed by atoms with Crippen LogP contribution in [-0.4, -0.2) is 42.2 Å². The van der Waals surface area contributed by atoms with Crippen molar-refractivity contribution < 1.29 is 27.4 Å². The lowest BCUT2D eigenvalue weighted by atomic mass is 9.92. The van der Waals surface area contributed by atoms with Gasteiger partial charge in [-0.2, -0.15) is 13.2 Å². The Hall–Kier alpha value is -2.68. The predicted molar refractivity (Wildman–Crippen MR) is 104 cm³/mol. The number of nitrogens with zero attached hydrogens (tertiary/aromatic N) is 3. The average Bonchev–Trinajstić information content (AvgIpc) is 2.74. The summed E-state index contributed by atoms with van der Waals surface area (Å²) in [4.78, 5) is 22.1. The minimum Gasteiger partial charge on any atom is -0.460 e. The highest BCUT2D eigenvalue weighted by atomic mass is 19.4. The van der Waals surface area contributed by atoms with Crippen LogP contribution in [0.15, 0.2) is 42.7 Å². The number of hydrogen-bond donors (Lipinski definition) is 0. The van der Waals surface area contributed by atoms with Crippen molar-refractivity contribution in [1.29, 1.82) is 0 Å². The Morgan fingerprint density at radius 1 is 1.13 bits per heavy atom. The van der Waals surface area contributed by atoms with Crippen LogP contribution in [0.5, 0.6) is 0 Å². The smallest absolute Gasteiger partial charge is 0.419 e. The first-order valence-corrected chi connectivity index (χ1v) is 9.72. The zero-order valence-corrected chi connectivity index (χ0v) is 16.8. The third kappa shape index (κ3) is 5.27. The van der Waals surface area contributed by atoms with Crippen LogP contribution >= 0.6 is 0 Å². The fourth-order valence-electron chi connectivity index (χ4n) is 3.54. The van der Waals surface area contributed by atoms with Gasteiger partial charge >= 0.3 is 12.1 Å². The lowest BCUT2D eigenvalue weighted by molar-refractivity contribution is -0.163. The van der Waals surface area contributed by atoms with E-state index in [1.165, 1.54) is 7.11 Å². The lowest BCUT2D eigenvalue weighted by Crippen LogP contribution is -2.39. The molecule has 0 bridgehead atoms. The van der Waals surface area contributed by atoms with E-state index in [1.807, 2.05) is 42.2 Å². The maximum absolute atomic E-state index is 12.7. The molecule has 0 radical (unpaired) electrons. The quantitative estimate of drug-likeness (QED) is 0.654. The van der Waals surface area contributed by atoms with E-state index in [-0.39, 0.29) is 18.0 Å². The normalized spacial score (nSPS) is 17.4. The Morgan fingerprint density at radius 2 is 1.73 bits per heavy atom. The molecule has 0 amide bonds. The molecule has 1 aromatic carbocycles. The molecule has 3 rings (SSSR count). The van der Waals surface area contributed by atoms with Crippen molar-refractivity contribution in [3.8, 4) is 0 Å². The van der Waals surface area contributed by atoms with E-state index in [1.54, 1.807) is 0 Å². The summed E-state index contributed by atoms with van der Waals surface area (Å²) >= 11 is 0. The molecular weight excluding hydrogens is 399 g/mol. The van der Waals surface area contributed by atoms with Crippen LogP contribution in [0.1, 0.15) is 37.0 Å². The Kier molecular flexibility index (Phi) is 6.91. The van der Waals surface area contributed by atoms with Crippen LogP contribution in [-0.2, 0) is 20.4 Å². The molecule has 162 valence electrons. The number of rotatable bonds is 6. The number of halogens is 3. The largest absolute Gasteiger partial charge is 0.460 e. The molecule has 1 fully saturated rings. The van der Waals surface area contributed by atoms with Gasteiger partial charge in [-0.05, 0) is 31.2 Å². The molecule has 1 saturated heterocycles. The Bertz CT molecular complexity index is 823. The van der Waals surface area contributed by atoms with Crippen molar-refractivity contribution >= 4 is 11.9 Å². The standard InChI is InChI=1S/C21H24F3N3O3/c1-14(30-19(28)18(29-2)16-6-4-3-5-7-16)15-8-10-27(11-9-15)20-25-12-17(13-26-20)21(22,23)24/h3-7,12-15,18H,8-11H2,1-2H3/t14-,18+/m1/s1. The molecule has 2 aromatic rings. The summed E-state index contributed by atoms with van der Waals surface area (Å²) in [6.45, 7) is 3.00. The first kappa shape index (κ1) is 22.0. The minimum absolute atomic E-state index is 0.132. The van der Waals surface area contributed by atoms with Gasteiger partial charge < -0.3 is 14.4 Å². The summed E-state index contributed by atoms with van der Waals surface area (Å²) in [5.74, 6) is -0.0350. The van der Waals surface area contributed by atoms with Gasteiger partial charge in [0.25, 0.3) is 0 Å². The second-order valence-corrected chi connectivity index (χ2v) is 7.26. The second-order valence-electron chi connectivity index (χ2n) is 7.26. The minimum atomic E-state index is -4.45. The number of anilines is 1. The molecule has 2 atom stereocenters. The number of esters is 1. The summed E-state index contributed by atoms with van der Waals surface area (Å²) in [7, 11) is 1.46. The van der Waals surface area contributed by atoms with E-state index in [0.717, 1.165) is 18.0 Å². The molecule has 30 heavy (non-hydrogen) atoms. The summed E-state index contributed by atoms with van der Waals surface area (Å²) in [5.41, 5.74) is -0.140. The van der Waals surface area contributed by atoms with Crippen molar-refractivity contribution in [3.63, 3.8) is 0 Å². The van der Waals surface area contributed by atoms with E-state index in [9.17, 15) is 18.0 Å². The van der Waals surface area contributed by atoms with Crippen molar-refractivity contribution in [2.24, 2.45) is 5.92 Å². The van der Waals surface area contributed by atoms with Crippen molar-refractivity contribution in [3.05, 3.63) is 53.9 Å². The van der Waals surface area contributed by atoms with E-state index < -0.39 is 23.8 Å². The molecule has 0 saturated carbocycles. The molecule has 0 unspecified atom stereocenters. The summed E-state index contributed by atoms with van der Waals surface area (Å²) < 4.78 is 48.9. The fourth-order valence-corrected chi connectivity index (χ4v) is 3.54. The lowest BCUT2D eigenvalue weighted by Gasteiger charge is -2.34. The molecule has 2 heterocycles. The van der Waals surface area contributed by atoms with Crippen molar-refractivity contribution in [1.82, 2.24) is 9.97 Å². The molecule has 0 N–H and O–H groups in total. The number of aromatic nitrogens is 2. The highest BCUT2D eigenvalue weighted by molar-refractivity contribution is 5.76. The molecule has 0 spiro atoms. The first-order chi connectivity index (χ1) is 14.3. The summed E-state index contributed by atoms with van der Waals surface area (Å²) in [6.07, 6.45) is -2.53. The zero-order chi connectivity index (χ0) is 21.7. The molecule has 0 aliphatic carbocycles. The van der Waals surface area contributed by atoms with Crippen LogP contribution in [0.2, 0.25) is 0 Å². The van der Waals surface area contributed by atoms with Crippen LogP contribution in [0.4, 0.5) is 19.1 Å².